The van der Waals surface area contributed by atoms with Crippen LogP contribution >= 0.6 is 0 Å². The number of hydrogen-bond donors (Lipinski definition) is 2. The van der Waals surface area contributed by atoms with Crippen LogP contribution in [0.2, 0.25) is 0 Å². The van der Waals surface area contributed by atoms with E-state index in [2.05, 4.69) is 15.2 Å². The monoisotopic (exact) mass is 352 g/mol. The van der Waals surface area contributed by atoms with Gasteiger partial charge in [-0.15, -0.1) is 0 Å². The van der Waals surface area contributed by atoms with Crippen LogP contribution in [0.25, 0.3) is 11.3 Å². The van der Waals surface area contributed by atoms with E-state index in [4.69, 9.17) is 4.74 Å². The number of nitrogens with one attached hydrogen (secondary N) is 1. The predicted octanol–water partition coefficient (Wildman–Crippen LogP) is 2.64. The molecule has 3 rings (SSSR count). The number of aromatic hydroxyl groups is 1. The molecule has 2 aromatic heterocycles. The van der Waals surface area contributed by atoms with Crippen molar-refractivity contribution in [2.45, 2.75) is 6.04 Å². The molecule has 0 aliphatic carbocycles. The number of carbonyl (C=O) groups is 1. The molecule has 0 bridgehead atoms. The minimum absolute atomic E-state index is 0.108. The molecule has 26 heavy (non-hydrogen) atoms. The highest BCUT2D eigenvalue weighted by molar-refractivity contribution is 5.93. The number of ether oxygens (including phenoxy) is 1. The number of phenols is 1. The first-order chi connectivity index (χ1) is 12.6. The van der Waals surface area contributed by atoms with Gasteiger partial charge in [0.2, 0.25) is 0 Å². The van der Waals surface area contributed by atoms with Gasteiger partial charge in [0.15, 0.2) is 0 Å². The highest BCUT2D eigenvalue weighted by Crippen LogP contribution is 2.28. The first kappa shape index (κ1) is 17.6. The van der Waals surface area contributed by atoms with Crippen LogP contribution in [0.5, 0.6) is 5.75 Å². The van der Waals surface area contributed by atoms with Gasteiger partial charge in [-0.25, -0.2) is 0 Å². The van der Waals surface area contributed by atoms with E-state index in [-0.39, 0.29) is 17.7 Å². The summed E-state index contributed by atoms with van der Waals surface area (Å²) in [5, 5.41) is 16.9. The molecule has 2 heterocycles. The number of carbonyl (C=O) groups excluding carboxylic acids is 1. The first-order valence-corrected chi connectivity index (χ1v) is 8.12. The van der Waals surface area contributed by atoms with E-state index in [1.807, 2.05) is 18.2 Å². The highest BCUT2D eigenvalue weighted by Gasteiger charge is 2.25. The summed E-state index contributed by atoms with van der Waals surface area (Å²) in [6.45, 7) is 0.319. The highest BCUT2D eigenvalue weighted by atomic mass is 16.5. The number of aromatic amines is 1. The maximum Gasteiger partial charge on any atom is 0.272 e. The number of likely N-dealkylation sites (N-methyl/N-ethyl adjacent to an activating group) is 1. The summed E-state index contributed by atoms with van der Waals surface area (Å²) in [5.74, 6) is -0.135. The number of pyridine rings is 1. The fraction of sp³-hybridized carbons (Fsp3) is 0.211. The Kier molecular flexibility index (Phi) is 5.28. The minimum atomic E-state index is -0.328. The third-order valence-electron chi connectivity index (χ3n) is 4.13. The summed E-state index contributed by atoms with van der Waals surface area (Å²) in [6, 6.07) is 13.7. The fourth-order valence-corrected chi connectivity index (χ4v) is 2.72. The summed E-state index contributed by atoms with van der Waals surface area (Å²) in [7, 11) is 3.28. The van der Waals surface area contributed by atoms with Gasteiger partial charge in [-0.1, -0.05) is 18.2 Å². The van der Waals surface area contributed by atoms with Gasteiger partial charge in [0, 0.05) is 25.9 Å². The standard InChI is InChI=1S/C19H20N4O3/c1-23(17(12-26-2)14-8-5-6-10-20-14)19(25)16-11-15(21-22-16)13-7-3-4-9-18(13)24/h3-11,17,24H,12H2,1-2H3,(H,21,22)/t17-/m1/s1. The number of methoxy groups -OCH3 is 1. The maximum absolute atomic E-state index is 12.9. The second kappa shape index (κ2) is 7.79. The van der Waals surface area contributed by atoms with Crippen LogP contribution in [0.4, 0.5) is 0 Å². The topological polar surface area (TPSA) is 91.3 Å². The number of hydrogen-bond acceptors (Lipinski definition) is 5. The number of aromatic nitrogens is 3. The zero-order valence-electron chi connectivity index (χ0n) is 14.6. The SMILES string of the molecule is COC[C@H](c1ccccn1)N(C)C(=O)c1cc(-c2ccccc2O)n[nH]1. The third-order valence-corrected chi connectivity index (χ3v) is 4.13. The first-order valence-electron chi connectivity index (χ1n) is 8.12. The molecular weight excluding hydrogens is 332 g/mol. The van der Waals surface area contributed by atoms with Gasteiger partial charge in [-0.3, -0.25) is 14.9 Å². The van der Waals surface area contributed by atoms with Crippen molar-refractivity contribution in [2.75, 3.05) is 20.8 Å². The molecule has 0 saturated heterocycles. The molecule has 134 valence electrons. The lowest BCUT2D eigenvalue weighted by Gasteiger charge is -2.26. The van der Waals surface area contributed by atoms with Crippen molar-refractivity contribution >= 4 is 5.91 Å². The number of para-hydroxylation sites is 1. The largest absolute Gasteiger partial charge is 0.507 e. The molecule has 1 amide bonds. The fourth-order valence-electron chi connectivity index (χ4n) is 2.72. The lowest BCUT2D eigenvalue weighted by Crippen LogP contribution is -2.34. The molecule has 0 fully saturated rings. The normalized spacial score (nSPS) is 11.9. The summed E-state index contributed by atoms with van der Waals surface area (Å²) < 4.78 is 5.26. The number of nitrogens with zero attached hydrogens (tertiary/aromatic N) is 3. The smallest absolute Gasteiger partial charge is 0.272 e. The summed E-state index contributed by atoms with van der Waals surface area (Å²) in [4.78, 5) is 18.8. The average Bonchev–Trinajstić information content (AvgIpc) is 3.16. The van der Waals surface area contributed by atoms with Gasteiger partial charge in [-0.05, 0) is 30.3 Å². The van der Waals surface area contributed by atoms with E-state index in [1.54, 1.807) is 55.6 Å². The van der Waals surface area contributed by atoms with Crippen LogP contribution in [0.1, 0.15) is 22.2 Å². The van der Waals surface area contributed by atoms with Crippen molar-refractivity contribution in [1.82, 2.24) is 20.1 Å². The Hall–Kier alpha value is -3.19. The van der Waals surface area contributed by atoms with E-state index >= 15 is 0 Å². The van der Waals surface area contributed by atoms with Crippen LogP contribution in [0.15, 0.2) is 54.7 Å². The molecule has 2 N–H and O–H groups in total. The molecule has 0 spiro atoms. The zero-order chi connectivity index (χ0) is 18.5. The van der Waals surface area contributed by atoms with Gasteiger partial charge in [-0.2, -0.15) is 5.10 Å². The summed E-state index contributed by atoms with van der Waals surface area (Å²) in [6.07, 6.45) is 1.68. The average molecular weight is 352 g/mol. The van der Waals surface area contributed by atoms with Gasteiger partial charge in [0.1, 0.15) is 11.4 Å². The molecule has 0 radical (unpaired) electrons. The van der Waals surface area contributed by atoms with Crippen molar-refractivity contribution in [3.05, 3.63) is 66.1 Å². The molecular formula is C19H20N4O3. The van der Waals surface area contributed by atoms with E-state index in [0.717, 1.165) is 5.69 Å². The second-order valence-electron chi connectivity index (χ2n) is 5.83. The Morgan fingerprint density at radius 1 is 1.27 bits per heavy atom. The quantitative estimate of drug-likeness (QED) is 0.712. The number of H-pyrrole nitrogens is 1. The van der Waals surface area contributed by atoms with Crippen LogP contribution < -0.4 is 0 Å². The lowest BCUT2D eigenvalue weighted by molar-refractivity contribution is 0.0589. The maximum atomic E-state index is 12.9. The van der Waals surface area contributed by atoms with Crippen LogP contribution in [-0.4, -0.2) is 51.9 Å². The number of rotatable bonds is 6. The minimum Gasteiger partial charge on any atom is -0.507 e. The van der Waals surface area contributed by atoms with E-state index in [1.165, 1.54) is 0 Å². The Balaban J connectivity index is 1.85. The van der Waals surface area contributed by atoms with Gasteiger partial charge in [0.25, 0.3) is 5.91 Å². The van der Waals surface area contributed by atoms with Crippen molar-refractivity contribution < 1.29 is 14.6 Å². The summed E-state index contributed by atoms with van der Waals surface area (Å²) >= 11 is 0. The van der Waals surface area contributed by atoms with Gasteiger partial charge >= 0.3 is 0 Å². The molecule has 0 unspecified atom stereocenters. The van der Waals surface area contributed by atoms with E-state index in [0.29, 0.717) is 23.6 Å². The number of phenolic OH excluding ortho intramolecular Hbond substituents is 1. The Labute approximate surface area is 151 Å². The second-order valence-corrected chi connectivity index (χ2v) is 5.83. The summed E-state index contributed by atoms with van der Waals surface area (Å²) in [5.41, 5.74) is 2.12. The molecule has 0 aliphatic heterocycles. The van der Waals surface area contributed by atoms with Crippen molar-refractivity contribution in [1.29, 1.82) is 0 Å². The molecule has 1 atom stereocenters. The van der Waals surface area contributed by atoms with Gasteiger partial charge in [0.05, 0.1) is 24.0 Å². The third kappa shape index (κ3) is 3.57. The van der Waals surface area contributed by atoms with Crippen LogP contribution in [0, 0.1) is 0 Å². The Morgan fingerprint density at radius 3 is 2.73 bits per heavy atom. The van der Waals surface area contributed by atoms with Crippen molar-refractivity contribution in [3.63, 3.8) is 0 Å². The zero-order valence-corrected chi connectivity index (χ0v) is 14.6. The molecule has 1 aromatic carbocycles. The number of benzene rings is 1. The molecule has 0 saturated carbocycles. The van der Waals surface area contributed by atoms with Crippen molar-refractivity contribution in [3.8, 4) is 17.0 Å². The molecule has 7 heteroatoms. The van der Waals surface area contributed by atoms with E-state index in [9.17, 15) is 9.90 Å². The van der Waals surface area contributed by atoms with Crippen LogP contribution in [-0.2, 0) is 4.74 Å². The Morgan fingerprint density at radius 2 is 2.04 bits per heavy atom. The molecule has 7 nitrogen and oxygen atoms in total. The van der Waals surface area contributed by atoms with Crippen molar-refractivity contribution in [2.24, 2.45) is 0 Å². The van der Waals surface area contributed by atoms with Crippen LogP contribution in [0.3, 0.4) is 0 Å². The predicted molar refractivity (Wildman–Crippen MR) is 96.6 cm³/mol. The lowest BCUT2D eigenvalue weighted by atomic mass is 10.1. The molecule has 3 aromatic rings. The molecule has 0 aliphatic rings. The number of amides is 1. The Bertz CT molecular complexity index is 879. The van der Waals surface area contributed by atoms with Gasteiger partial charge < -0.3 is 14.7 Å². The van der Waals surface area contributed by atoms with E-state index < -0.39 is 0 Å².